The van der Waals surface area contributed by atoms with Crippen molar-refractivity contribution in [3.63, 3.8) is 0 Å². The Labute approximate surface area is 105 Å². The van der Waals surface area contributed by atoms with Gasteiger partial charge < -0.3 is 11.1 Å². The van der Waals surface area contributed by atoms with Crippen molar-refractivity contribution in [1.29, 1.82) is 0 Å². The Balaban J connectivity index is 2.71. The third-order valence-electron chi connectivity index (χ3n) is 2.89. The monoisotopic (exact) mass is 232 g/mol. The Kier molecular flexibility index (Phi) is 5.39. The molecule has 2 heteroatoms. The molecular weight excluding hydrogens is 208 g/mol. The molecule has 1 unspecified atom stereocenters. The summed E-state index contributed by atoms with van der Waals surface area (Å²) in [6.45, 7) is 11.7. The molecule has 2 nitrogen and oxygen atoms in total. The van der Waals surface area contributed by atoms with Gasteiger partial charge in [0.15, 0.2) is 0 Å². The number of hydrogen-bond acceptors (Lipinski definition) is 2. The van der Waals surface area contributed by atoms with Crippen LogP contribution in [0.25, 0.3) is 0 Å². The molecule has 0 saturated heterocycles. The lowest BCUT2D eigenvalue weighted by Crippen LogP contribution is -2.29. The first kappa shape index (κ1) is 13.9. The van der Waals surface area contributed by atoms with Gasteiger partial charge in [0.2, 0.25) is 0 Å². The van der Waals surface area contributed by atoms with Gasteiger partial charge in [0, 0.05) is 19.1 Å². The van der Waals surface area contributed by atoms with Crippen LogP contribution < -0.4 is 11.1 Å². The molecule has 17 heavy (non-hydrogen) atoms. The zero-order chi connectivity index (χ0) is 12.8. The van der Waals surface area contributed by atoms with Crippen molar-refractivity contribution in [2.24, 2.45) is 5.73 Å². The van der Waals surface area contributed by atoms with Gasteiger partial charge in [-0.2, -0.15) is 0 Å². The predicted molar refractivity (Wildman–Crippen MR) is 75.1 cm³/mol. The van der Waals surface area contributed by atoms with Gasteiger partial charge in [-0.3, -0.25) is 0 Å². The van der Waals surface area contributed by atoms with Crippen LogP contribution in [0.3, 0.4) is 0 Å². The van der Waals surface area contributed by atoms with E-state index in [-0.39, 0.29) is 6.04 Å². The predicted octanol–water partition coefficient (Wildman–Crippen LogP) is 2.98. The number of nitrogens with two attached hydrogens (primary N) is 1. The van der Waals surface area contributed by atoms with E-state index >= 15 is 0 Å². The summed E-state index contributed by atoms with van der Waals surface area (Å²) in [4.78, 5) is 0. The maximum Gasteiger partial charge on any atom is 0.0447 e. The van der Waals surface area contributed by atoms with E-state index in [0.717, 1.165) is 12.1 Å². The van der Waals surface area contributed by atoms with E-state index in [1.54, 1.807) is 0 Å². The van der Waals surface area contributed by atoms with Crippen molar-refractivity contribution in [1.82, 2.24) is 5.32 Å². The van der Waals surface area contributed by atoms with Gasteiger partial charge in [0.1, 0.15) is 0 Å². The summed E-state index contributed by atoms with van der Waals surface area (Å²) >= 11 is 0. The van der Waals surface area contributed by atoms with Crippen LogP contribution in [0.4, 0.5) is 0 Å². The highest BCUT2D eigenvalue weighted by atomic mass is 14.9. The molecular formula is C15H24N2. The molecule has 0 heterocycles. The van der Waals surface area contributed by atoms with Crippen molar-refractivity contribution in [3.8, 4) is 0 Å². The first-order valence-corrected chi connectivity index (χ1v) is 6.22. The van der Waals surface area contributed by atoms with E-state index < -0.39 is 0 Å². The van der Waals surface area contributed by atoms with Crippen LogP contribution in [0.1, 0.15) is 43.9 Å². The van der Waals surface area contributed by atoms with E-state index in [4.69, 9.17) is 5.73 Å². The van der Waals surface area contributed by atoms with Gasteiger partial charge in [-0.05, 0) is 24.0 Å². The molecule has 1 aromatic rings. The highest BCUT2D eigenvalue weighted by molar-refractivity contribution is 5.27. The average Bonchev–Trinajstić information content (AvgIpc) is 2.30. The Morgan fingerprint density at radius 2 is 1.76 bits per heavy atom. The smallest absolute Gasteiger partial charge is 0.0447 e. The van der Waals surface area contributed by atoms with E-state index in [2.05, 4.69) is 50.0 Å². The molecule has 0 spiro atoms. The molecule has 0 amide bonds. The van der Waals surface area contributed by atoms with Crippen molar-refractivity contribution in [3.05, 3.63) is 47.5 Å². The summed E-state index contributed by atoms with van der Waals surface area (Å²) < 4.78 is 0. The molecule has 0 radical (unpaired) electrons. The van der Waals surface area contributed by atoms with Gasteiger partial charge in [0.05, 0.1) is 0 Å². The van der Waals surface area contributed by atoms with Crippen molar-refractivity contribution < 1.29 is 0 Å². The van der Waals surface area contributed by atoms with Crippen LogP contribution in [0.2, 0.25) is 0 Å². The average molecular weight is 232 g/mol. The highest BCUT2D eigenvalue weighted by Crippen LogP contribution is 2.18. The molecule has 0 fully saturated rings. The summed E-state index contributed by atoms with van der Waals surface area (Å²) in [5.74, 6) is 0.573. The molecule has 3 N–H and O–H groups in total. The lowest BCUT2D eigenvalue weighted by molar-refractivity contribution is 0.569. The molecule has 1 atom stereocenters. The molecule has 1 rings (SSSR count). The summed E-state index contributed by atoms with van der Waals surface area (Å²) in [5.41, 5.74) is 9.54. The number of nitrogens with one attached hydrogen (secondary N) is 1. The van der Waals surface area contributed by atoms with Crippen molar-refractivity contribution in [2.45, 2.75) is 32.7 Å². The standard InChI is InChI=1S/C15H24N2/c1-11(2)10-17-15(9-16)14-7-5-13(6-8-14)12(3)4/h5-8,12,15,17H,1,9-10,16H2,2-4H3. The molecule has 0 aliphatic rings. The minimum atomic E-state index is 0.216. The second-order valence-corrected chi connectivity index (χ2v) is 4.95. The third kappa shape index (κ3) is 4.33. The number of rotatable bonds is 6. The second kappa shape index (κ2) is 6.58. The van der Waals surface area contributed by atoms with E-state index in [9.17, 15) is 0 Å². The van der Waals surface area contributed by atoms with Gasteiger partial charge in [-0.25, -0.2) is 0 Å². The van der Waals surface area contributed by atoms with Crippen LogP contribution in [0, 0.1) is 0 Å². The quantitative estimate of drug-likeness (QED) is 0.740. The highest BCUT2D eigenvalue weighted by Gasteiger charge is 2.09. The summed E-state index contributed by atoms with van der Waals surface area (Å²) in [6, 6.07) is 8.92. The Bertz CT molecular complexity index is 352. The topological polar surface area (TPSA) is 38.0 Å². The lowest BCUT2D eigenvalue weighted by Gasteiger charge is -2.18. The van der Waals surface area contributed by atoms with Gasteiger partial charge in [-0.1, -0.05) is 50.3 Å². The van der Waals surface area contributed by atoms with Crippen LogP contribution >= 0.6 is 0 Å². The zero-order valence-corrected chi connectivity index (χ0v) is 11.2. The van der Waals surface area contributed by atoms with Crippen molar-refractivity contribution >= 4 is 0 Å². The van der Waals surface area contributed by atoms with E-state index in [0.29, 0.717) is 12.5 Å². The molecule has 0 aromatic heterocycles. The SMILES string of the molecule is C=C(C)CNC(CN)c1ccc(C(C)C)cc1. The molecule has 1 aromatic carbocycles. The summed E-state index contributed by atoms with van der Waals surface area (Å²) in [7, 11) is 0. The molecule has 0 aliphatic carbocycles. The maximum atomic E-state index is 5.80. The maximum absolute atomic E-state index is 5.80. The second-order valence-electron chi connectivity index (χ2n) is 4.95. The Morgan fingerprint density at radius 3 is 2.18 bits per heavy atom. The summed E-state index contributed by atoms with van der Waals surface area (Å²) in [5, 5.41) is 3.41. The van der Waals surface area contributed by atoms with Crippen LogP contribution in [-0.2, 0) is 0 Å². The first-order chi connectivity index (χ1) is 8.04. The Hall–Kier alpha value is -1.12. The first-order valence-electron chi connectivity index (χ1n) is 6.22. The third-order valence-corrected chi connectivity index (χ3v) is 2.89. The molecule has 0 aliphatic heterocycles. The van der Waals surface area contributed by atoms with Crippen molar-refractivity contribution in [2.75, 3.05) is 13.1 Å². The van der Waals surface area contributed by atoms with Crippen LogP contribution in [-0.4, -0.2) is 13.1 Å². The largest absolute Gasteiger partial charge is 0.329 e. The van der Waals surface area contributed by atoms with E-state index in [1.165, 1.54) is 11.1 Å². The fraction of sp³-hybridized carbons (Fsp3) is 0.467. The fourth-order valence-electron chi connectivity index (χ4n) is 1.75. The number of benzene rings is 1. The van der Waals surface area contributed by atoms with Crippen LogP contribution in [0.15, 0.2) is 36.4 Å². The Morgan fingerprint density at radius 1 is 1.24 bits per heavy atom. The minimum absolute atomic E-state index is 0.216. The zero-order valence-electron chi connectivity index (χ0n) is 11.2. The van der Waals surface area contributed by atoms with Gasteiger partial charge >= 0.3 is 0 Å². The molecule has 0 bridgehead atoms. The number of hydrogen-bond donors (Lipinski definition) is 2. The van der Waals surface area contributed by atoms with E-state index in [1.807, 2.05) is 6.92 Å². The normalized spacial score (nSPS) is 12.8. The minimum Gasteiger partial charge on any atom is -0.329 e. The summed E-state index contributed by atoms with van der Waals surface area (Å²) in [6.07, 6.45) is 0. The van der Waals surface area contributed by atoms with Gasteiger partial charge in [0.25, 0.3) is 0 Å². The lowest BCUT2D eigenvalue weighted by atomic mass is 9.99. The molecule has 0 saturated carbocycles. The van der Waals surface area contributed by atoms with Gasteiger partial charge in [-0.15, -0.1) is 0 Å². The van der Waals surface area contributed by atoms with Crippen LogP contribution in [0.5, 0.6) is 0 Å². The fourth-order valence-corrected chi connectivity index (χ4v) is 1.75. The molecule has 94 valence electrons.